The summed E-state index contributed by atoms with van der Waals surface area (Å²) in [5.74, 6) is 0.831. The minimum atomic E-state index is -3.50. The van der Waals surface area contributed by atoms with Crippen molar-refractivity contribution >= 4 is 38.5 Å². The molecular formula is C18H26N4O3S2. The third-order valence-corrected chi connectivity index (χ3v) is 7.39. The first-order valence-corrected chi connectivity index (χ1v) is 11.6. The monoisotopic (exact) mass is 410 g/mol. The van der Waals surface area contributed by atoms with E-state index in [1.807, 2.05) is 0 Å². The molecule has 9 heteroatoms. The van der Waals surface area contributed by atoms with Crippen molar-refractivity contribution in [3.63, 3.8) is 0 Å². The maximum Gasteiger partial charge on any atom is 0.243 e. The average molecular weight is 411 g/mol. The van der Waals surface area contributed by atoms with Gasteiger partial charge < -0.3 is 10.6 Å². The molecule has 3 rings (SSSR count). The van der Waals surface area contributed by atoms with Gasteiger partial charge in [-0.1, -0.05) is 25.6 Å². The van der Waals surface area contributed by atoms with Crippen molar-refractivity contribution in [2.45, 2.75) is 25.2 Å². The van der Waals surface area contributed by atoms with Crippen LogP contribution in [0.1, 0.15) is 20.3 Å². The number of nitrogens with one attached hydrogen (secondary N) is 2. The smallest absolute Gasteiger partial charge is 0.243 e. The van der Waals surface area contributed by atoms with Crippen LogP contribution in [0.5, 0.6) is 0 Å². The van der Waals surface area contributed by atoms with E-state index in [0.717, 1.165) is 24.7 Å². The van der Waals surface area contributed by atoms with Crippen LogP contribution < -0.4 is 10.6 Å². The SMILES string of the molecule is C[C@@H]1C[C@@H](C)CN(S(=O)(=O)c2ccc(NC(=O)CSC3=NCCN3)cc2)C1. The Morgan fingerprint density at radius 3 is 2.52 bits per heavy atom. The second-order valence-electron chi connectivity index (χ2n) is 7.24. The Kier molecular flexibility index (Phi) is 6.44. The minimum Gasteiger partial charge on any atom is -0.363 e. The van der Waals surface area contributed by atoms with E-state index in [1.54, 1.807) is 28.6 Å². The number of amidine groups is 1. The summed E-state index contributed by atoms with van der Waals surface area (Å²) in [7, 11) is -3.50. The van der Waals surface area contributed by atoms with E-state index < -0.39 is 10.0 Å². The standard InChI is InChI=1S/C18H26N4O3S2/c1-13-9-14(2)11-22(10-13)27(24,25)16-5-3-15(4-6-16)21-17(23)12-26-18-19-7-8-20-18/h3-6,13-14H,7-12H2,1-2H3,(H,19,20)(H,21,23)/t13-,14-/m1/s1. The molecule has 0 radical (unpaired) electrons. The Hall–Kier alpha value is -1.58. The Morgan fingerprint density at radius 2 is 1.93 bits per heavy atom. The molecule has 2 atom stereocenters. The number of aliphatic imine (C=N–C) groups is 1. The number of anilines is 1. The first-order valence-electron chi connectivity index (χ1n) is 9.16. The van der Waals surface area contributed by atoms with Crippen LogP contribution in [-0.2, 0) is 14.8 Å². The summed E-state index contributed by atoms with van der Waals surface area (Å²) in [5, 5.41) is 6.67. The fourth-order valence-electron chi connectivity index (χ4n) is 3.47. The third kappa shape index (κ3) is 5.24. The van der Waals surface area contributed by atoms with Crippen LogP contribution >= 0.6 is 11.8 Å². The van der Waals surface area contributed by atoms with Gasteiger partial charge in [0.15, 0.2) is 5.17 Å². The van der Waals surface area contributed by atoms with Crippen LogP contribution in [0.4, 0.5) is 5.69 Å². The summed E-state index contributed by atoms with van der Waals surface area (Å²) in [4.78, 5) is 16.5. The number of rotatable bonds is 5. The van der Waals surface area contributed by atoms with E-state index in [1.165, 1.54) is 11.8 Å². The maximum absolute atomic E-state index is 12.9. The second-order valence-corrected chi connectivity index (χ2v) is 10.1. The largest absolute Gasteiger partial charge is 0.363 e. The van der Waals surface area contributed by atoms with E-state index in [9.17, 15) is 13.2 Å². The summed E-state index contributed by atoms with van der Waals surface area (Å²) >= 11 is 1.36. The Balaban J connectivity index is 1.59. The highest BCUT2D eigenvalue weighted by molar-refractivity contribution is 8.14. The van der Waals surface area contributed by atoms with Crippen LogP contribution in [0.3, 0.4) is 0 Å². The van der Waals surface area contributed by atoms with Crippen molar-refractivity contribution in [1.29, 1.82) is 0 Å². The molecule has 1 aromatic carbocycles. The molecule has 2 aliphatic rings. The van der Waals surface area contributed by atoms with E-state index in [4.69, 9.17) is 0 Å². The molecule has 7 nitrogen and oxygen atoms in total. The first-order chi connectivity index (χ1) is 12.8. The molecule has 148 valence electrons. The quantitative estimate of drug-likeness (QED) is 0.775. The molecule has 2 aliphatic heterocycles. The van der Waals surface area contributed by atoms with Crippen molar-refractivity contribution in [1.82, 2.24) is 9.62 Å². The van der Waals surface area contributed by atoms with Crippen molar-refractivity contribution in [2.75, 3.05) is 37.2 Å². The van der Waals surface area contributed by atoms with Gasteiger partial charge in [-0.3, -0.25) is 9.79 Å². The van der Waals surface area contributed by atoms with E-state index in [2.05, 4.69) is 29.5 Å². The van der Waals surface area contributed by atoms with E-state index >= 15 is 0 Å². The number of hydrogen-bond donors (Lipinski definition) is 2. The number of thioether (sulfide) groups is 1. The molecule has 27 heavy (non-hydrogen) atoms. The van der Waals surface area contributed by atoms with Gasteiger partial charge >= 0.3 is 0 Å². The number of amides is 1. The zero-order valence-corrected chi connectivity index (χ0v) is 17.3. The lowest BCUT2D eigenvalue weighted by molar-refractivity contribution is -0.113. The number of benzene rings is 1. The molecule has 0 spiro atoms. The van der Waals surface area contributed by atoms with Crippen LogP contribution in [0.15, 0.2) is 34.2 Å². The molecule has 0 unspecified atom stereocenters. The Morgan fingerprint density at radius 1 is 1.26 bits per heavy atom. The summed E-state index contributed by atoms with van der Waals surface area (Å²) in [6.45, 7) is 6.84. The fourth-order valence-corrected chi connectivity index (χ4v) is 5.87. The molecule has 1 amide bonds. The number of hydrogen-bond acceptors (Lipinski definition) is 6. The van der Waals surface area contributed by atoms with Crippen LogP contribution in [-0.4, -0.2) is 55.7 Å². The summed E-state index contributed by atoms with van der Waals surface area (Å²) in [5.41, 5.74) is 0.584. The zero-order valence-electron chi connectivity index (χ0n) is 15.6. The number of nitrogens with zero attached hydrogens (tertiary/aromatic N) is 2. The highest BCUT2D eigenvalue weighted by Crippen LogP contribution is 2.27. The minimum absolute atomic E-state index is 0.148. The van der Waals surface area contributed by atoms with Gasteiger partial charge in [-0.15, -0.1) is 0 Å². The third-order valence-electron chi connectivity index (χ3n) is 4.59. The van der Waals surface area contributed by atoms with Gasteiger partial charge in [-0.2, -0.15) is 4.31 Å². The van der Waals surface area contributed by atoms with Crippen molar-refractivity contribution in [2.24, 2.45) is 16.8 Å². The molecule has 0 aliphatic carbocycles. The lowest BCUT2D eigenvalue weighted by atomic mass is 9.94. The number of piperidine rings is 1. The van der Waals surface area contributed by atoms with Crippen molar-refractivity contribution < 1.29 is 13.2 Å². The summed E-state index contributed by atoms with van der Waals surface area (Å²) in [6.07, 6.45) is 1.05. The van der Waals surface area contributed by atoms with Crippen LogP contribution in [0.2, 0.25) is 0 Å². The van der Waals surface area contributed by atoms with Crippen LogP contribution in [0, 0.1) is 11.8 Å². The maximum atomic E-state index is 12.9. The molecule has 0 aromatic heterocycles. The molecule has 0 saturated carbocycles. The van der Waals surface area contributed by atoms with E-state index in [0.29, 0.717) is 30.6 Å². The van der Waals surface area contributed by atoms with E-state index in [-0.39, 0.29) is 16.6 Å². The summed E-state index contributed by atoms with van der Waals surface area (Å²) in [6, 6.07) is 6.39. The van der Waals surface area contributed by atoms with Gasteiger partial charge in [-0.25, -0.2) is 8.42 Å². The predicted molar refractivity (Wildman–Crippen MR) is 110 cm³/mol. The predicted octanol–water partition coefficient (Wildman–Crippen LogP) is 1.98. The van der Waals surface area contributed by atoms with Gasteiger partial charge in [0.05, 0.1) is 17.2 Å². The molecule has 2 N–H and O–H groups in total. The zero-order chi connectivity index (χ0) is 19.4. The van der Waals surface area contributed by atoms with Gasteiger partial charge in [0.2, 0.25) is 15.9 Å². The Bertz CT molecular complexity index is 798. The van der Waals surface area contributed by atoms with Crippen molar-refractivity contribution in [3.05, 3.63) is 24.3 Å². The molecule has 1 fully saturated rings. The molecule has 2 heterocycles. The van der Waals surface area contributed by atoms with Gasteiger partial charge in [0, 0.05) is 25.3 Å². The molecule has 1 saturated heterocycles. The van der Waals surface area contributed by atoms with Crippen molar-refractivity contribution in [3.8, 4) is 0 Å². The van der Waals surface area contributed by atoms with Gasteiger partial charge in [0.25, 0.3) is 0 Å². The Labute approximate surface area is 165 Å². The fraction of sp³-hybridized carbons (Fsp3) is 0.556. The molecular weight excluding hydrogens is 384 g/mol. The lowest BCUT2D eigenvalue weighted by Gasteiger charge is -2.34. The normalized spacial score (nSPS) is 23.6. The molecule has 0 bridgehead atoms. The highest BCUT2D eigenvalue weighted by Gasteiger charge is 2.31. The highest BCUT2D eigenvalue weighted by atomic mass is 32.2. The lowest BCUT2D eigenvalue weighted by Crippen LogP contribution is -2.42. The average Bonchev–Trinajstić information content (AvgIpc) is 3.13. The number of carbonyl (C=O) groups excluding carboxylic acids is 1. The van der Waals surface area contributed by atoms with Crippen LogP contribution in [0.25, 0.3) is 0 Å². The number of sulfonamides is 1. The summed E-state index contributed by atoms with van der Waals surface area (Å²) < 4.78 is 27.3. The number of carbonyl (C=O) groups is 1. The molecule has 1 aromatic rings. The van der Waals surface area contributed by atoms with Gasteiger partial charge in [-0.05, 0) is 42.5 Å². The second kappa shape index (κ2) is 8.62. The topological polar surface area (TPSA) is 90.9 Å². The first kappa shape index (κ1) is 20.2. The van der Waals surface area contributed by atoms with Gasteiger partial charge in [0.1, 0.15) is 0 Å².